The third kappa shape index (κ3) is 1.29. The fourth-order valence-electron chi connectivity index (χ4n) is 1.73. The van der Waals surface area contributed by atoms with Gasteiger partial charge in [0.05, 0.1) is 0 Å². The molecule has 0 spiro atoms. The lowest BCUT2D eigenvalue weighted by Gasteiger charge is -2.11. The summed E-state index contributed by atoms with van der Waals surface area (Å²) in [6, 6.07) is 0. The second-order valence-corrected chi connectivity index (χ2v) is 3.62. The van der Waals surface area contributed by atoms with Gasteiger partial charge < -0.3 is 5.21 Å². The monoisotopic (exact) mass is 197 g/mol. The van der Waals surface area contributed by atoms with E-state index in [2.05, 4.69) is 5.16 Å². The first-order valence-corrected chi connectivity index (χ1v) is 4.41. The molecule has 0 aliphatic heterocycles. The molecule has 2 rings (SSSR count). The van der Waals surface area contributed by atoms with Gasteiger partial charge in [0.15, 0.2) is 5.78 Å². The van der Waals surface area contributed by atoms with Crippen molar-refractivity contribution in [2.45, 2.75) is 12.8 Å². The van der Waals surface area contributed by atoms with Gasteiger partial charge in [-0.1, -0.05) is 28.4 Å². The van der Waals surface area contributed by atoms with Crippen LogP contribution in [-0.2, 0) is 4.79 Å². The Morgan fingerprint density at radius 3 is 3.08 bits per heavy atom. The molecule has 2 aliphatic carbocycles. The van der Waals surface area contributed by atoms with Gasteiger partial charge in [-0.05, 0) is 12.5 Å². The molecule has 1 saturated carbocycles. The third-order valence-corrected chi connectivity index (χ3v) is 2.68. The Hall–Kier alpha value is -1.09. The fourth-order valence-corrected chi connectivity index (χ4v) is 1.96. The zero-order chi connectivity index (χ0) is 9.42. The number of rotatable bonds is 0. The number of ketones is 1. The highest BCUT2D eigenvalue weighted by Gasteiger charge is 2.36. The third-order valence-electron chi connectivity index (χ3n) is 2.41. The minimum Gasteiger partial charge on any atom is -0.411 e. The summed E-state index contributed by atoms with van der Waals surface area (Å²) in [4.78, 5) is 11.5. The Bertz CT molecular complexity index is 355. The minimum atomic E-state index is -0.131. The van der Waals surface area contributed by atoms with E-state index in [0.29, 0.717) is 17.9 Å². The molecule has 4 heteroatoms. The predicted molar refractivity (Wildman–Crippen MR) is 49.0 cm³/mol. The molecule has 1 N–H and O–H groups in total. The molecule has 0 radical (unpaired) electrons. The summed E-state index contributed by atoms with van der Waals surface area (Å²) in [5, 5.41) is 12.2. The van der Waals surface area contributed by atoms with Gasteiger partial charge in [0.25, 0.3) is 0 Å². The summed E-state index contributed by atoms with van der Waals surface area (Å²) in [5.74, 6) is -0.206. The molecule has 0 saturated heterocycles. The molecule has 1 fully saturated rings. The average molecular weight is 198 g/mol. The van der Waals surface area contributed by atoms with Crippen molar-refractivity contribution in [2.75, 3.05) is 0 Å². The zero-order valence-electron chi connectivity index (χ0n) is 6.83. The van der Waals surface area contributed by atoms with E-state index in [1.807, 2.05) is 6.08 Å². The summed E-state index contributed by atoms with van der Waals surface area (Å²) < 4.78 is 0. The van der Waals surface area contributed by atoms with Crippen molar-refractivity contribution >= 4 is 23.1 Å². The molecule has 0 aromatic rings. The summed E-state index contributed by atoms with van der Waals surface area (Å²) in [7, 11) is 0. The van der Waals surface area contributed by atoms with Crippen molar-refractivity contribution in [1.29, 1.82) is 0 Å². The van der Waals surface area contributed by atoms with Gasteiger partial charge >= 0.3 is 0 Å². The van der Waals surface area contributed by atoms with Crippen LogP contribution in [-0.4, -0.2) is 16.7 Å². The van der Waals surface area contributed by atoms with E-state index in [1.54, 1.807) is 6.08 Å². The minimum absolute atomic E-state index is 0.0748. The highest BCUT2D eigenvalue weighted by molar-refractivity contribution is 6.44. The van der Waals surface area contributed by atoms with Crippen LogP contribution in [0.15, 0.2) is 27.9 Å². The first kappa shape index (κ1) is 8.51. The Morgan fingerprint density at radius 1 is 1.62 bits per heavy atom. The molecule has 0 bridgehead atoms. The molecular weight excluding hydrogens is 190 g/mol. The largest absolute Gasteiger partial charge is 0.411 e. The van der Waals surface area contributed by atoms with Crippen LogP contribution in [0.1, 0.15) is 12.8 Å². The van der Waals surface area contributed by atoms with E-state index in [-0.39, 0.29) is 17.4 Å². The van der Waals surface area contributed by atoms with Crippen molar-refractivity contribution in [3.05, 3.63) is 22.8 Å². The highest BCUT2D eigenvalue weighted by atomic mass is 35.5. The van der Waals surface area contributed by atoms with Gasteiger partial charge in [-0.15, -0.1) is 0 Å². The molecule has 2 aliphatic rings. The number of oxime groups is 1. The molecular formula is C9H8ClNO2. The molecule has 13 heavy (non-hydrogen) atoms. The SMILES string of the molecule is O=C1/C(=N/O)CC2=CC(Cl)=CCC12. The van der Waals surface area contributed by atoms with Crippen LogP contribution < -0.4 is 0 Å². The molecule has 0 aromatic heterocycles. The van der Waals surface area contributed by atoms with Crippen LogP contribution >= 0.6 is 11.6 Å². The summed E-state index contributed by atoms with van der Waals surface area (Å²) in [5.41, 5.74) is 1.21. The number of carbonyl (C=O) groups excluding carboxylic acids is 1. The van der Waals surface area contributed by atoms with E-state index in [1.165, 1.54) is 0 Å². The quantitative estimate of drug-likeness (QED) is 0.476. The van der Waals surface area contributed by atoms with Crippen LogP contribution in [0.5, 0.6) is 0 Å². The normalized spacial score (nSPS) is 30.1. The number of nitrogens with zero attached hydrogens (tertiary/aromatic N) is 1. The van der Waals surface area contributed by atoms with E-state index in [0.717, 1.165) is 5.57 Å². The number of Topliss-reactive ketones (excluding diaryl/α,β-unsaturated/α-hetero) is 1. The lowest BCUT2D eigenvalue weighted by atomic mass is 9.94. The van der Waals surface area contributed by atoms with Crippen LogP contribution in [0.25, 0.3) is 0 Å². The fraction of sp³-hybridized carbons (Fsp3) is 0.333. The molecule has 0 amide bonds. The average Bonchev–Trinajstić information content (AvgIpc) is 2.42. The van der Waals surface area contributed by atoms with Crippen molar-refractivity contribution in [1.82, 2.24) is 0 Å². The first-order valence-electron chi connectivity index (χ1n) is 4.03. The highest BCUT2D eigenvalue weighted by Crippen LogP contribution is 2.34. The summed E-state index contributed by atoms with van der Waals surface area (Å²) in [6.45, 7) is 0. The van der Waals surface area contributed by atoms with E-state index in [9.17, 15) is 4.79 Å². The zero-order valence-corrected chi connectivity index (χ0v) is 7.58. The second kappa shape index (κ2) is 3.00. The number of hydrogen-bond donors (Lipinski definition) is 1. The van der Waals surface area contributed by atoms with Gasteiger partial charge in [0.2, 0.25) is 0 Å². The number of halogens is 1. The Labute approximate surface area is 80.4 Å². The number of carbonyl (C=O) groups is 1. The van der Waals surface area contributed by atoms with Crippen molar-refractivity contribution in [3.8, 4) is 0 Å². The number of allylic oxidation sites excluding steroid dienone is 4. The predicted octanol–water partition coefficient (Wildman–Crippen LogP) is 1.86. The van der Waals surface area contributed by atoms with Gasteiger partial charge in [0, 0.05) is 17.4 Å². The van der Waals surface area contributed by atoms with Crippen LogP contribution in [0.2, 0.25) is 0 Å². The maximum atomic E-state index is 11.5. The Balaban J connectivity index is 2.35. The second-order valence-electron chi connectivity index (χ2n) is 3.18. The van der Waals surface area contributed by atoms with E-state index >= 15 is 0 Å². The summed E-state index contributed by atoms with van der Waals surface area (Å²) >= 11 is 5.79. The molecule has 1 unspecified atom stereocenters. The summed E-state index contributed by atoms with van der Waals surface area (Å²) in [6.07, 6.45) is 4.66. The number of hydrogen-bond acceptors (Lipinski definition) is 3. The lowest BCUT2D eigenvalue weighted by Crippen LogP contribution is -2.14. The van der Waals surface area contributed by atoms with Crippen LogP contribution in [0.4, 0.5) is 0 Å². The maximum absolute atomic E-state index is 11.5. The molecule has 1 atom stereocenters. The van der Waals surface area contributed by atoms with Crippen molar-refractivity contribution < 1.29 is 10.0 Å². The smallest absolute Gasteiger partial charge is 0.188 e. The standard InChI is InChI=1S/C9H8ClNO2/c10-6-1-2-7-5(3-6)4-8(11-13)9(7)12/h1,3,7,13H,2,4H2/b11-8+. The van der Waals surface area contributed by atoms with Gasteiger partial charge in [-0.25, -0.2) is 0 Å². The Kier molecular flexibility index (Phi) is 1.96. The van der Waals surface area contributed by atoms with Gasteiger partial charge in [0.1, 0.15) is 5.71 Å². The lowest BCUT2D eigenvalue weighted by molar-refractivity contribution is -0.114. The van der Waals surface area contributed by atoms with Gasteiger partial charge in [-0.2, -0.15) is 0 Å². The van der Waals surface area contributed by atoms with E-state index in [4.69, 9.17) is 16.8 Å². The molecule has 0 heterocycles. The van der Waals surface area contributed by atoms with Crippen LogP contribution in [0, 0.1) is 5.92 Å². The Morgan fingerprint density at radius 2 is 2.38 bits per heavy atom. The topological polar surface area (TPSA) is 49.7 Å². The maximum Gasteiger partial charge on any atom is 0.188 e. The van der Waals surface area contributed by atoms with Gasteiger partial charge in [-0.3, -0.25) is 4.79 Å². The first-order chi connectivity index (χ1) is 6.22. The molecule has 68 valence electrons. The van der Waals surface area contributed by atoms with Crippen molar-refractivity contribution in [3.63, 3.8) is 0 Å². The van der Waals surface area contributed by atoms with E-state index < -0.39 is 0 Å². The van der Waals surface area contributed by atoms with Crippen LogP contribution in [0.3, 0.4) is 0 Å². The molecule has 3 nitrogen and oxygen atoms in total. The molecule has 0 aromatic carbocycles. The van der Waals surface area contributed by atoms with Crippen molar-refractivity contribution in [2.24, 2.45) is 11.1 Å². The number of fused-ring (bicyclic) bond motifs is 1.